The van der Waals surface area contributed by atoms with E-state index in [2.05, 4.69) is 28.6 Å². The number of rotatable bonds is 0. The molecule has 0 atom stereocenters. The van der Waals surface area contributed by atoms with Gasteiger partial charge in [0.1, 0.15) is 0 Å². The second-order valence-electron chi connectivity index (χ2n) is 4.52. The minimum absolute atomic E-state index is 0.840. The van der Waals surface area contributed by atoms with Crippen LogP contribution < -0.4 is 0 Å². The van der Waals surface area contributed by atoms with Gasteiger partial charge in [-0.05, 0) is 12.8 Å². The van der Waals surface area contributed by atoms with Gasteiger partial charge in [-0.2, -0.15) is 0 Å². The van der Waals surface area contributed by atoms with Crippen molar-refractivity contribution in [3.8, 4) is 0 Å². The fourth-order valence-corrected chi connectivity index (χ4v) is 2.16. The Kier molecular flexibility index (Phi) is 7.01. The molecule has 4 heteroatoms. The quantitative estimate of drug-likeness (QED) is 0.478. The van der Waals surface area contributed by atoms with Crippen molar-refractivity contribution in [1.82, 2.24) is 9.80 Å². The highest BCUT2D eigenvalue weighted by Gasteiger charge is 2.22. The maximum Gasteiger partial charge on any atom is 0.196 e. The van der Waals surface area contributed by atoms with Crippen molar-refractivity contribution in [3.05, 3.63) is 0 Å². The minimum atomic E-state index is 0.840. The van der Waals surface area contributed by atoms with Gasteiger partial charge in [0, 0.05) is 33.2 Å². The standard InChI is InChI=1S/C10H19N3O.C3H8/c1-11-10(12-4-2-3-5-12)13-6-8-14-9-7-13;1-3-2/h2-9H2,1H3;3H2,1-2H3. The van der Waals surface area contributed by atoms with E-state index in [9.17, 15) is 0 Å². The van der Waals surface area contributed by atoms with Crippen molar-refractivity contribution in [2.75, 3.05) is 46.4 Å². The average molecular weight is 241 g/mol. The fourth-order valence-electron chi connectivity index (χ4n) is 2.16. The van der Waals surface area contributed by atoms with Gasteiger partial charge in [-0.3, -0.25) is 4.99 Å². The summed E-state index contributed by atoms with van der Waals surface area (Å²) >= 11 is 0. The first-order valence-electron chi connectivity index (χ1n) is 6.87. The molecular formula is C13H27N3O. The molecule has 0 aromatic rings. The van der Waals surface area contributed by atoms with E-state index < -0.39 is 0 Å². The lowest BCUT2D eigenvalue weighted by Gasteiger charge is -2.34. The van der Waals surface area contributed by atoms with E-state index in [1.807, 2.05) is 7.05 Å². The summed E-state index contributed by atoms with van der Waals surface area (Å²) in [6, 6.07) is 0. The molecule has 0 amide bonds. The van der Waals surface area contributed by atoms with Gasteiger partial charge in [0.15, 0.2) is 5.96 Å². The molecule has 0 saturated carbocycles. The maximum absolute atomic E-state index is 5.34. The van der Waals surface area contributed by atoms with Gasteiger partial charge in [0.25, 0.3) is 0 Å². The second kappa shape index (κ2) is 8.34. The van der Waals surface area contributed by atoms with Gasteiger partial charge in [-0.1, -0.05) is 20.3 Å². The highest BCUT2D eigenvalue weighted by molar-refractivity contribution is 5.80. The molecule has 2 fully saturated rings. The number of likely N-dealkylation sites (tertiary alicyclic amines) is 1. The van der Waals surface area contributed by atoms with Crippen molar-refractivity contribution in [2.24, 2.45) is 4.99 Å². The third-order valence-corrected chi connectivity index (χ3v) is 2.88. The third kappa shape index (κ3) is 4.54. The summed E-state index contributed by atoms with van der Waals surface area (Å²) in [7, 11) is 1.89. The average Bonchev–Trinajstić information content (AvgIpc) is 2.86. The van der Waals surface area contributed by atoms with Crippen LogP contribution in [0.15, 0.2) is 4.99 Å². The first-order valence-corrected chi connectivity index (χ1v) is 6.87. The zero-order chi connectivity index (χ0) is 12.5. The van der Waals surface area contributed by atoms with E-state index in [0.29, 0.717) is 0 Å². The van der Waals surface area contributed by atoms with Gasteiger partial charge in [0.05, 0.1) is 13.2 Å². The molecule has 0 aliphatic carbocycles. The smallest absolute Gasteiger partial charge is 0.196 e. The molecule has 2 heterocycles. The van der Waals surface area contributed by atoms with Crippen molar-refractivity contribution in [2.45, 2.75) is 33.1 Å². The molecule has 17 heavy (non-hydrogen) atoms. The summed E-state index contributed by atoms with van der Waals surface area (Å²) in [6.07, 6.45) is 3.87. The highest BCUT2D eigenvalue weighted by atomic mass is 16.5. The normalized spacial score (nSPS) is 21.2. The summed E-state index contributed by atoms with van der Waals surface area (Å²) in [6.45, 7) is 10.3. The second-order valence-corrected chi connectivity index (χ2v) is 4.52. The molecule has 2 rings (SSSR count). The monoisotopic (exact) mass is 241 g/mol. The third-order valence-electron chi connectivity index (χ3n) is 2.88. The van der Waals surface area contributed by atoms with Gasteiger partial charge in [-0.15, -0.1) is 0 Å². The van der Waals surface area contributed by atoms with Gasteiger partial charge in [0.2, 0.25) is 0 Å². The Labute approximate surface area is 106 Å². The summed E-state index contributed by atoms with van der Waals surface area (Å²) in [5, 5.41) is 0. The molecule has 100 valence electrons. The molecule has 0 aromatic heterocycles. The summed E-state index contributed by atoms with van der Waals surface area (Å²) in [5.41, 5.74) is 0. The van der Waals surface area contributed by atoms with E-state index in [4.69, 9.17) is 4.74 Å². The van der Waals surface area contributed by atoms with E-state index in [-0.39, 0.29) is 0 Å². The van der Waals surface area contributed by atoms with Crippen LogP contribution in [0.4, 0.5) is 0 Å². The van der Waals surface area contributed by atoms with Crippen LogP contribution in [0.1, 0.15) is 33.1 Å². The zero-order valence-electron chi connectivity index (χ0n) is 11.6. The Morgan fingerprint density at radius 3 is 1.94 bits per heavy atom. The Balaban J connectivity index is 0.000000437. The molecule has 4 nitrogen and oxygen atoms in total. The summed E-state index contributed by atoms with van der Waals surface area (Å²) in [4.78, 5) is 9.14. The molecule has 0 aromatic carbocycles. The first kappa shape index (κ1) is 14.3. The van der Waals surface area contributed by atoms with Gasteiger partial charge in [-0.25, -0.2) is 0 Å². The molecule has 2 saturated heterocycles. The minimum Gasteiger partial charge on any atom is -0.378 e. The van der Waals surface area contributed by atoms with Crippen molar-refractivity contribution >= 4 is 5.96 Å². The molecule has 0 bridgehead atoms. The Hall–Kier alpha value is -0.770. The predicted molar refractivity (Wildman–Crippen MR) is 72.5 cm³/mol. The van der Waals surface area contributed by atoms with Gasteiger partial charge >= 0.3 is 0 Å². The number of morpholine rings is 1. The Bertz CT molecular complexity index is 219. The van der Waals surface area contributed by atoms with Crippen molar-refractivity contribution in [3.63, 3.8) is 0 Å². The number of hydrogen-bond acceptors (Lipinski definition) is 2. The molecule has 0 spiro atoms. The number of aliphatic imine (C=N–C) groups is 1. The Morgan fingerprint density at radius 2 is 1.47 bits per heavy atom. The molecule has 0 radical (unpaired) electrons. The lowest BCUT2D eigenvalue weighted by molar-refractivity contribution is 0.0629. The largest absolute Gasteiger partial charge is 0.378 e. The Morgan fingerprint density at radius 1 is 1.00 bits per heavy atom. The first-order chi connectivity index (χ1) is 8.33. The van der Waals surface area contributed by atoms with Crippen LogP contribution in [0.2, 0.25) is 0 Å². The molecule has 0 unspecified atom stereocenters. The van der Waals surface area contributed by atoms with Crippen LogP contribution in [-0.4, -0.2) is 62.2 Å². The summed E-state index contributed by atoms with van der Waals surface area (Å²) < 4.78 is 5.34. The van der Waals surface area contributed by atoms with Crippen LogP contribution in [0.3, 0.4) is 0 Å². The van der Waals surface area contributed by atoms with E-state index >= 15 is 0 Å². The number of hydrogen-bond donors (Lipinski definition) is 0. The number of nitrogens with zero attached hydrogens (tertiary/aromatic N) is 3. The van der Waals surface area contributed by atoms with Crippen LogP contribution in [0.25, 0.3) is 0 Å². The zero-order valence-corrected chi connectivity index (χ0v) is 11.6. The maximum atomic E-state index is 5.34. The molecular weight excluding hydrogens is 214 g/mol. The van der Waals surface area contributed by atoms with Gasteiger partial charge < -0.3 is 14.5 Å². The van der Waals surface area contributed by atoms with Crippen LogP contribution in [0.5, 0.6) is 0 Å². The number of guanidine groups is 1. The van der Waals surface area contributed by atoms with E-state index in [1.165, 1.54) is 38.3 Å². The van der Waals surface area contributed by atoms with Crippen LogP contribution >= 0.6 is 0 Å². The predicted octanol–water partition coefficient (Wildman–Crippen LogP) is 1.82. The molecule has 2 aliphatic heterocycles. The topological polar surface area (TPSA) is 28.1 Å². The van der Waals surface area contributed by atoms with Crippen LogP contribution in [-0.2, 0) is 4.74 Å². The summed E-state index contributed by atoms with van der Waals surface area (Å²) in [5.74, 6) is 1.17. The van der Waals surface area contributed by atoms with E-state index in [1.54, 1.807) is 0 Å². The van der Waals surface area contributed by atoms with Crippen molar-refractivity contribution < 1.29 is 4.74 Å². The highest BCUT2D eigenvalue weighted by Crippen LogP contribution is 2.11. The van der Waals surface area contributed by atoms with Crippen LogP contribution in [0, 0.1) is 0 Å². The fraction of sp³-hybridized carbons (Fsp3) is 0.923. The lowest BCUT2D eigenvalue weighted by atomic mass is 10.4. The molecule has 2 aliphatic rings. The lowest BCUT2D eigenvalue weighted by Crippen LogP contribution is -2.48. The SMILES string of the molecule is CCC.CN=C(N1CCCC1)N1CCOCC1. The van der Waals surface area contributed by atoms with Crippen molar-refractivity contribution in [1.29, 1.82) is 0 Å². The number of ether oxygens (including phenoxy) is 1. The molecule has 0 N–H and O–H groups in total. The van der Waals surface area contributed by atoms with E-state index in [0.717, 1.165) is 26.3 Å².